The molecule has 0 aliphatic rings. The van der Waals surface area contributed by atoms with Crippen molar-refractivity contribution in [1.29, 1.82) is 0 Å². The standard InChI is InChI=1S/C11H22N2O5/c1-3-4-9(10(14)15)13-11(16)12-5-6-18-8-7-17-2/h9H,3-8H2,1-2H3,(H,14,15)(H2,12,13,16)/t9-/m1/s1. The Balaban J connectivity index is 3.65. The predicted octanol–water partition coefficient (Wildman–Crippen LogP) is 0.202. The number of hydrogen-bond acceptors (Lipinski definition) is 4. The minimum absolute atomic E-state index is 0.327. The smallest absolute Gasteiger partial charge is 0.326 e. The molecule has 0 saturated carbocycles. The van der Waals surface area contributed by atoms with Gasteiger partial charge in [0.1, 0.15) is 6.04 Å². The first-order chi connectivity index (χ1) is 8.61. The van der Waals surface area contributed by atoms with Gasteiger partial charge in [-0.15, -0.1) is 0 Å². The number of urea groups is 1. The molecule has 0 aliphatic heterocycles. The van der Waals surface area contributed by atoms with E-state index >= 15 is 0 Å². The molecular weight excluding hydrogens is 240 g/mol. The van der Waals surface area contributed by atoms with Crippen molar-refractivity contribution in [3.8, 4) is 0 Å². The predicted molar refractivity (Wildman–Crippen MR) is 65.6 cm³/mol. The minimum atomic E-state index is -1.02. The summed E-state index contributed by atoms with van der Waals surface area (Å²) in [5, 5.41) is 13.8. The van der Waals surface area contributed by atoms with Crippen molar-refractivity contribution in [2.75, 3.05) is 33.5 Å². The largest absolute Gasteiger partial charge is 0.480 e. The molecule has 7 nitrogen and oxygen atoms in total. The highest BCUT2D eigenvalue weighted by atomic mass is 16.5. The minimum Gasteiger partial charge on any atom is -0.480 e. The molecule has 7 heteroatoms. The van der Waals surface area contributed by atoms with Crippen LogP contribution in [-0.2, 0) is 14.3 Å². The van der Waals surface area contributed by atoms with Gasteiger partial charge in [0.25, 0.3) is 0 Å². The average molecular weight is 262 g/mol. The van der Waals surface area contributed by atoms with E-state index < -0.39 is 18.0 Å². The second-order valence-electron chi connectivity index (χ2n) is 3.68. The summed E-state index contributed by atoms with van der Waals surface area (Å²) in [6.07, 6.45) is 1.10. The molecule has 2 amide bonds. The first-order valence-electron chi connectivity index (χ1n) is 5.95. The molecule has 0 radical (unpaired) electrons. The van der Waals surface area contributed by atoms with E-state index in [-0.39, 0.29) is 0 Å². The lowest BCUT2D eigenvalue weighted by Gasteiger charge is -2.14. The van der Waals surface area contributed by atoms with Crippen LogP contribution in [0.3, 0.4) is 0 Å². The van der Waals surface area contributed by atoms with Gasteiger partial charge in [0.05, 0.1) is 19.8 Å². The van der Waals surface area contributed by atoms with Crippen molar-refractivity contribution in [3.63, 3.8) is 0 Å². The highest BCUT2D eigenvalue weighted by molar-refractivity contribution is 5.82. The van der Waals surface area contributed by atoms with Crippen LogP contribution in [-0.4, -0.2) is 56.6 Å². The number of ether oxygens (including phenoxy) is 2. The molecular formula is C11H22N2O5. The van der Waals surface area contributed by atoms with Crippen molar-refractivity contribution < 1.29 is 24.2 Å². The third-order valence-corrected chi connectivity index (χ3v) is 2.14. The van der Waals surface area contributed by atoms with Crippen molar-refractivity contribution >= 4 is 12.0 Å². The second kappa shape index (κ2) is 10.8. The molecule has 0 aromatic rings. The van der Waals surface area contributed by atoms with Crippen LogP contribution < -0.4 is 10.6 Å². The summed E-state index contributed by atoms with van der Waals surface area (Å²) in [6, 6.07) is -1.34. The first-order valence-corrected chi connectivity index (χ1v) is 5.95. The van der Waals surface area contributed by atoms with E-state index in [1.807, 2.05) is 6.92 Å². The van der Waals surface area contributed by atoms with E-state index in [9.17, 15) is 9.59 Å². The van der Waals surface area contributed by atoms with E-state index in [4.69, 9.17) is 14.6 Å². The maximum atomic E-state index is 11.4. The number of aliphatic carboxylic acids is 1. The Kier molecular flexibility index (Phi) is 9.99. The van der Waals surface area contributed by atoms with Crippen LogP contribution in [0.25, 0.3) is 0 Å². The number of rotatable bonds is 10. The molecule has 0 aromatic carbocycles. The first kappa shape index (κ1) is 16.7. The number of nitrogens with one attached hydrogen (secondary N) is 2. The van der Waals surface area contributed by atoms with Crippen LogP contribution in [0.5, 0.6) is 0 Å². The van der Waals surface area contributed by atoms with Gasteiger partial charge in [0.15, 0.2) is 0 Å². The summed E-state index contributed by atoms with van der Waals surface area (Å²) < 4.78 is 9.93. The van der Waals surface area contributed by atoms with Crippen molar-refractivity contribution in [2.24, 2.45) is 0 Å². The Hall–Kier alpha value is -1.34. The highest BCUT2D eigenvalue weighted by Gasteiger charge is 2.18. The molecule has 0 saturated heterocycles. The molecule has 0 fully saturated rings. The van der Waals surface area contributed by atoms with E-state index in [2.05, 4.69) is 10.6 Å². The van der Waals surface area contributed by atoms with Gasteiger partial charge in [-0.2, -0.15) is 0 Å². The molecule has 0 rings (SSSR count). The maximum Gasteiger partial charge on any atom is 0.326 e. The maximum absolute atomic E-state index is 11.4. The van der Waals surface area contributed by atoms with Crippen LogP contribution in [0.2, 0.25) is 0 Å². The molecule has 3 N–H and O–H groups in total. The number of hydrogen-bond donors (Lipinski definition) is 3. The van der Waals surface area contributed by atoms with Gasteiger partial charge in [-0.25, -0.2) is 9.59 Å². The Labute approximate surface area is 107 Å². The molecule has 0 aromatic heterocycles. The van der Waals surface area contributed by atoms with Crippen molar-refractivity contribution in [1.82, 2.24) is 10.6 Å². The van der Waals surface area contributed by atoms with Crippen molar-refractivity contribution in [3.05, 3.63) is 0 Å². The fourth-order valence-corrected chi connectivity index (χ4v) is 1.24. The zero-order valence-electron chi connectivity index (χ0n) is 10.9. The Morgan fingerprint density at radius 3 is 2.56 bits per heavy atom. The SMILES string of the molecule is CCC[C@@H](NC(=O)NCCOCCOC)C(=O)O. The fourth-order valence-electron chi connectivity index (χ4n) is 1.24. The van der Waals surface area contributed by atoms with E-state index in [0.29, 0.717) is 39.2 Å². The van der Waals surface area contributed by atoms with Gasteiger partial charge >= 0.3 is 12.0 Å². The third-order valence-electron chi connectivity index (χ3n) is 2.14. The Morgan fingerprint density at radius 1 is 1.28 bits per heavy atom. The lowest BCUT2D eigenvalue weighted by molar-refractivity contribution is -0.139. The zero-order chi connectivity index (χ0) is 13.8. The molecule has 18 heavy (non-hydrogen) atoms. The number of methoxy groups -OCH3 is 1. The van der Waals surface area contributed by atoms with Crippen LogP contribution in [0.15, 0.2) is 0 Å². The Bertz CT molecular complexity index is 248. The zero-order valence-corrected chi connectivity index (χ0v) is 10.9. The van der Waals surface area contributed by atoms with Crippen molar-refractivity contribution in [2.45, 2.75) is 25.8 Å². The normalized spacial score (nSPS) is 11.9. The van der Waals surface area contributed by atoms with E-state index in [0.717, 1.165) is 0 Å². The van der Waals surface area contributed by atoms with Crippen LogP contribution in [0, 0.1) is 0 Å². The molecule has 106 valence electrons. The summed E-state index contributed by atoms with van der Waals surface area (Å²) in [5.41, 5.74) is 0. The monoisotopic (exact) mass is 262 g/mol. The summed E-state index contributed by atoms with van der Waals surface area (Å²) in [4.78, 5) is 22.1. The molecule has 0 heterocycles. The molecule has 0 aliphatic carbocycles. The molecule has 0 bridgehead atoms. The lowest BCUT2D eigenvalue weighted by atomic mass is 10.2. The fraction of sp³-hybridized carbons (Fsp3) is 0.818. The molecule has 0 spiro atoms. The summed E-state index contributed by atoms with van der Waals surface area (Å²) in [5.74, 6) is -1.02. The highest BCUT2D eigenvalue weighted by Crippen LogP contribution is 1.96. The van der Waals surface area contributed by atoms with Crippen LogP contribution in [0.4, 0.5) is 4.79 Å². The number of amides is 2. The summed E-state index contributed by atoms with van der Waals surface area (Å²) in [7, 11) is 1.58. The quantitative estimate of drug-likeness (QED) is 0.489. The molecule has 0 unspecified atom stereocenters. The number of carbonyl (C=O) groups is 2. The number of carbonyl (C=O) groups excluding carboxylic acids is 1. The third kappa shape index (κ3) is 8.77. The van der Waals surface area contributed by atoms with E-state index in [1.165, 1.54) is 0 Å². The molecule has 1 atom stereocenters. The number of carboxylic acids is 1. The van der Waals surface area contributed by atoms with Gasteiger partial charge in [-0.05, 0) is 6.42 Å². The average Bonchev–Trinajstić information content (AvgIpc) is 2.33. The summed E-state index contributed by atoms with van der Waals surface area (Å²) in [6.45, 7) is 3.52. The topological polar surface area (TPSA) is 96.9 Å². The Morgan fingerprint density at radius 2 is 2.00 bits per heavy atom. The van der Waals surface area contributed by atoms with E-state index in [1.54, 1.807) is 7.11 Å². The second-order valence-corrected chi connectivity index (χ2v) is 3.68. The van der Waals surface area contributed by atoms with Crippen LogP contribution in [0.1, 0.15) is 19.8 Å². The van der Waals surface area contributed by atoms with Gasteiger partial charge < -0.3 is 25.2 Å². The number of carboxylic acid groups (broad SMARTS) is 1. The van der Waals surface area contributed by atoms with Gasteiger partial charge in [-0.3, -0.25) is 0 Å². The van der Waals surface area contributed by atoms with Gasteiger partial charge in [0, 0.05) is 13.7 Å². The van der Waals surface area contributed by atoms with Crippen LogP contribution >= 0.6 is 0 Å². The lowest BCUT2D eigenvalue weighted by Crippen LogP contribution is -2.46. The van der Waals surface area contributed by atoms with Gasteiger partial charge in [-0.1, -0.05) is 13.3 Å². The van der Waals surface area contributed by atoms with Gasteiger partial charge in [0.2, 0.25) is 0 Å². The summed E-state index contributed by atoms with van der Waals surface area (Å²) >= 11 is 0.